The molecule has 29 heavy (non-hydrogen) atoms. The number of esters is 1. The van der Waals surface area contributed by atoms with Crippen LogP contribution in [0, 0.1) is 0 Å². The molecule has 6 nitrogen and oxygen atoms in total. The zero-order valence-corrected chi connectivity index (χ0v) is 16.2. The number of nitrogens with zero attached hydrogens (tertiary/aromatic N) is 2. The van der Waals surface area contributed by atoms with Crippen LogP contribution >= 0.6 is 0 Å². The van der Waals surface area contributed by atoms with Gasteiger partial charge in [-0.1, -0.05) is 35.4 Å². The predicted octanol–water partition coefficient (Wildman–Crippen LogP) is 4.62. The van der Waals surface area contributed by atoms with Gasteiger partial charge in [0.25, 0.3) is 0 Å². The molecule has 1 aromatic rings. The van der Waals surface area contributed by atoms with Gasteiger partial charge in [0.15, 0.2) is 0 Å². The molecule has 0 aliphatic heterocycles. The summed E-state index contributed by atoms with van der Waals surface area (Å²) in [5.74, 6) is -0.157. The van der Waals surface area contributed by atoms with Crippen molar-refractivity contribution in [1.29, 1.82) is 0 Å². The van der Waals surface area contributed by atoms with Crippen LogP contribution in [0.3, 0.4) is 0 Å². The molecule has 0 fully saturated rings. The van der Waals surface area contributed by atoms with Crippen molar-refractivity contribution in [2.75, 3.05) is 13.7 Å². The van der Waals surface area contributed by atoms with E-state index < -0.39 is 17.7 Å². The Morgan fingerprint density at radius 3 is 2.69 bits per heavy atom. The zero-order chi connectivity index (χ0) is 21.4. The summed E-state index contributed by atoms with van der Waals surface area (Å²) in [6.45, 7) is 3.10. The normalized spacial score (nSPS) is 16.2. The summed E-state index contributed by atoms with van der Waals surface area (Å²) in [4.78, 5) is 21.8. The van der Waals surface area contributed by atoms with Gasteiger partial charge in [0.2, 0.25) is 0 Å². The van der Waals surface area contributed by atoms with E-state index in [2.05, 4.69) is 10.3 Å². The number of alkyl halides is 3. The van der Waals surface area contributed by atoms with E-state index in [1.807, 2.05) is 0 Å². The molecule has 1 aromatic carbocycles. The molecule has 9 heteroatoms. The number of hydrogen-bond acceptors (Lipinski definition) is 6. The van der Waals surface area contributed by atoms with Crippen LogP contribution in [0.15, 0.2) is 58.1 Å². The van der Waals surface area contributed by atoms with Crippen molar-refractivity contribution in [1.82, 2.24) is 0 Å². The minimum Gasteiger partial charge on any atom is -0.426 e. The number of carbonyl (C=O) groups excluding carboxylic acids is 1. The molecule has 0 saturated carbocycles. The van der Waals surface area contributed by atoms with Crippen molar-refractivity contribution in [3.05, 3.63) is 58.9 Å². The van der Waals surface area contributed by atoms with Crippen LogP contribution in [0.4, 0.5) is 13.2 Å². The summed E-state index contributed by atoms with van der Waals surface area (Å²) in [5, 5.41) is 7.80. The van der Waals surface area contributed by atoms with E-state index in [9.17, 15) is 18.0 Å². The second kappa shape index (κ2) is 9.90. The lowest BCUT2D eigenvalue weighted by molar-refractivity contribution is -0.139. The molecule has 0 N–H and O–H groups in total. The summed E-state index contributed by atoms with van der Waals surface area (Å²) in [5.41, 5.74) is 0.742. The van der Waals surface area contributed by atoms with Crippen molar-refractivity contribution < 1.29 is 32.4 Å². The standard InChI is InChI=1S/C20H21F3N2O4/c1-4-19(26)29-18-10-6-9-17(25-27-3)16(18)12-28-24-13(2)14-7-5-8-15(11-14)20(21,22)23/h5-8,10-11H,4,9,12H2,1-3H3. The molecule has 1 aliphatic rings. The molecular formula is C20H21F3N2O4. The Balaban J connectivity index is 2.21. The van der Waals surface area contributed by atoms with E-state index in [1.165, 1.54) is 26.2 Å². The molecule has 156 valence electrons. The van der Waals surface area contributed by atoms with Gasteiger partial charge in [0.1, 0.15) is 19.5 Å². The molecule has 0 aromatic heterocycles. The van der Waals surface area contributed by atoms with Gasteiger partial charge in [-0.15, -0.1) is 0 Å². The molecule has 1 aliphatic carbocycles. The van der Waals surface area contributed by atoms with Gasteiger partial charge in [-0.2, -0.15) is 13.2 Å². The third-order valence-electron chi connectivity index (χ3n) is 3.96. The highest BCUT2D eigenvalue weighted by molar-refractivity contribution is 6.03. The molecular weight excluding hydrogens is 389 g/mol. The highest BCUT2D eigenvalue weighted by Crippen LogP contribution is 2.29. The molecule has 0 bridgehead atoms. The van der Waals surface area contributed by atoms with E-state index >= 15 is 0 Å². The average Bonchev–Trinajstić information content (AvgIpc) is 2.69. The minimum absolute atomic E-state index is 0.102. The van der Waals surface area contributed by atoms with Crippen LogP contribution in [-0.4, -0.2) is 31.1 Å². The van der Waals surface area contributed by atoms with Crippen molar-refractivity contribution >= 4 is 17.4 Å². The Kier molecular flexibility index (Phi) is 7.58. The number of hydrogen-bond donors (Lipinski definition) is 0. The number of ether oxygens (including phenoxy) is 1. The lowest BCUT2D eigenvalue weighted by atomic mass is 10.0. The first kappa shape index (κ1) is 22.2. The molecule has 2 rings (SSSR count). The Morgan fingerprint density at radius 1 is 1.28 bits per heavy atom. The summed E-state index contributed by atoms with van der Waals surface area (Å²) < 4.78 is 43.9. The Bertz CT molecular complexity index is 871. The fourth-order valence-corrected chi connectivity index (χ4v) is 2.46. The number of halogens is 3. The van der Waals surface area contributed by atoms with Crippen LogP contribution < -0.4 is 0 Å². The quantitative estimate of drug-likeness (QED) is 0.374. The molecule has 0 heterocycles. The van der Waals surface area contributed by atoms with Crippen LogP contribution in [0.5, 0.6) is 0 Å². The lowest BCUT2D eigenvalue weighted by Gasteiger charge is -2.16. The van der Waals surface area contributed by atoms with Crippen LogP contribution in [0.2, 0.25) is 0 Å². The third-order valence-corrected chi connectivity index (χ3v) is 3.96. The first-order valence-corrected chi connectivity index (χ1v) is 8.81. The van der Waals surface area contributed by atoms with Crippen molar-refractivity contribution in [3.8, 4) is 0 Å². The van der Waals surface area contributed by atoms with Gasteiger partial charge < -0.3 is 14.4 Å². The van der Waals surface area contributed by atoms with E-state index in [1.54, 1.807) is 19.1 Å². The molecule has 0 unspecified atom stereocenters. The molecule has 0 atom stereocenters. The number of carbonyl (C=O) groups is 1. The largest absolute Gasteiger partial charge is 0.426 e. The number of rotatable bonds is 7. The maximum atomic E-state index is 12.9. The van der Waals surface area contributed by atoms with Gasteiger partial charge in [0.05, 0.1) is 22.6 Å². The second-order valence-corrected chi connectivity index (χ2v) is 6.03. The fourth-order valence-electron chi connectivity index (χ4n) is 2.46. The first-order valence-electron chi connectivity index (χ1n) is 8.81. The molecule has 0 amide bonds. The summed E-state index contributed by atoms with van der Waals surface area (Å²) in [6.07, 6.45) is -0.424. The lowest BCUT2D eigenvalue weighted by Crippen LogP contribution is -2.17. The monoisotopic (exact) mass is 410 g/mol. The van der Waals surface area contributed by atoms with Crippen LogP contribution in [0.25, 0.3) is 0 Å². The number of oxime groups is 2. The summed E-state index contributed by atoms with van der Waals surface area (Å²) >= 11 is 0. The van der Waals surface area contributed by atoms with Crippen molar-refractivity contribution in [2.24, 2.45) is 10.3 Å². The minimum atomic E-state index is -4.44. The molecule has 0 spiro atoms. The first-order chi connectivity index (χ1) is 13.8. The SMILES string of the molecule is CCC(=O)OC1=C(CON=C(C)c2cccc(C(F)(F)F)c2)C(=NOC)CC=C1. The third kappa shape index (κ3) is 6.20. The van der Waals surface area contributed by atoms with Crippen molar-refractivity contribution in [2.45, 2.75) is 32.9 Å². The summed E-state index contributed by atoms with van der Waals surface area (Å²) in [6, 6.07) is 4.79. The van der Waals surface area contributed by atoms with Gasteiger partial charge in [-0.25, -0.2) is 0 Å². The Hall–Kier alpha value is -3.10. The molecule has 0 saturated heterocycles. The zero-order valence-electron chi connectivity index (χ0n) is 16.2. The molecule has 0 radical (unpaired) electrons. The van der Waals surface area contributed by atoms with Crippen molar-refractivity contribution in [3.63, 3.8) is 0 Å². The maximum Gasteiger partial charge on any atom is 0.416 e. The van der Waals surface area contributed by atoms with Crippen LogP contribution in [0.1, 0.15) is 37.8 Å². The highest BCUT2D eigenvalue weighted by Gasteiger charge is 2.30. The second-order valence-electron chi connectivity index (χ2n) is 6.03. The van der Waals surface area contributed by atoms with Gasteiger partial charge in [-0.3, -0.25) is 4.79 Å². The number of benzene rings is 1. The van der Waals surface area contributed by atoms with E-state index in [4.69, 9.17) is 14.4 Å². The highest BCUT2D eigenvalue weighted by atomic mass is 19.4. The topological polar surface area (TPSA) is 69.5 Å². The van der Waals surface area contributed by atoms with E-state index in [-0.39, 0.29) is 30.1 Å². The van der Waals surface area contributed by atoms with Gasteiger partial charge in [0, 0.05) is 12.8 Å². The fraction of sp³-hybridized carbons (Fsp3) is 0.350. The predicted molar refractivity (Wildman–Crippen MR) is 101 cm³/mol. The van der Waals surface area contributed by atoms with Crippen LogP contribution in [-0.2, 0) is 25.4 Å². The van der Waals surface area contributed by atoms with E-state index in [0.717, 1.165) is 12.1 Å². The Morgan fingerprint density at radius 2 is 2.03 bits per heavy atom. The van der Waals surface area contributed by atoms with Gasteiger partial charge >= 0.3 is 12.1 Å². The smallest absolute Gasteiger partial charge is 0.416 e. The van der Waals surface area contributed by atoms with Gasteiger partial charge in [-0.05, 0) is 30.7 Å². The maximum absolute atomic E-state index is 12.9. The average molecular weight is 410 g/mol. The van der Waals surface area contributed by atoms with E-state index in [0.29, 0.717) is 17.7 Å². The Labute approximate surface area is 166 Å². The number of allylic oxidation sites excluding steroid dienone is 2. The summed E-state index contributed by atoms with van der Waals surface area (Å²) in [7, 11) is 1.39.